The summed E-state index contributed by atoms with van der Waals surface area (Å²) in [5.74, 6) is -1.90. The molecule has 132 valence electrons. The molecule has 1 saturated heterocycles. The number of carbonyl (C=O) groups excluding carboxylic acids is 3. The van der Waals surface area contributed by atoms with E-state index in [1.807, 2.05) is 6.92 Å². The molecule has 2 aromatic carbocycles. The summed E-state index contributed by atoms with van der Waals surface area (Å²) in [7, 11) is 0. The number of aromatic hydroxyl groups is 1. The number of aryl methyl sites for hydroxylation is 1. The fourth-order valence-corrected chi connectivity index (χ4v) is 2.92. The summed E-state index contributed by atoms with van der Waals surface area (Å²) in [5.41, 5.74) is 1.36. The number of hydrogen-bond donors (Lipinski definition) is 2. The van der Waals surface area contributed by atoms with Crippen LogP contribution in [-0.4, -0.2) is 23.0 Å². The number of imide groups is 2. The van der Waals surface area contributed by atoms with Crippen LogP contribution in [0.5, 0.6) is 5.75 Å². The van der Waals surface area contributed by atoms with Crippen LogP contribution in [0.3, 0.4) is 0 Å². The quantitative estimate of drug-likeness (QED) is 0.604. The maximum absolute atomic E-state index is 12.7. The van der Waals surface area contributed by atoms with Gasteiger partial charge in [-0.1, -0.05) is 40.9 Å². The van der Waals surface area contributed by atoms with Crippen LogP contribution in [0.15, 0.2) is 42.0 Å². The maximum Gasteiger partial charge on any atom is 0.335 e. The van der Waals surface area contributed by atoms with Crippen molar-refractivity contribution < 1.29 is 19.5 Å². The third kappa shape index (κ3) is 3.29. The van der Waals surface area contributed by atoms with Gasteiger partial charge in [-0.15, -0.1) is 0 Å². The molecule has 0 radical (unpaired) electrons. The summed E-state index contributed by atoms with van der Waals surface area (Å²) < 4.78 is 0. The van der Waals surface area contributed by atoms with Crippen LogP contribution < -0.4 is 10.2 Å². The van der Waals surface area contributed by atoms with Crippen LogP contribution in [0.25, 0.3) is 6.08 Å². The van der Waals surface area contributed by atoms with Gasteiger partial charge in [-0.25, -0.2) is 9.69 Å². The molecule has 0 spiro atoms. The maximum atomic E-state index is 12.7. The molecule has 1 aliphatic heterocycles. The summed E-state index contributed by atoms with van der Waals surface area (Å²) >= 11 is 11.7. The normalized spacial score (nSPS) is 16.2. The third-order valence-electron chi connectivity index (χ3n) is 3.74. The molecule has 0 saturated carbocycles. The van der Waals surface area contributed by atoms with Crippen LogP contribution in [0.4, 0.5) is 10.5 Å². The number of nitrogens with one attached hydrogen (secondary N) is 1. The van der Waals surface area contributed by atoms with Crippen molar-refractivity contribution >= 4 is 52.8 Å². The van der Waals surface area contributed by atoms with Gasteiger partial charge >= 0.3 is 6.03 Å². The van der Waals surface area contributed by atoms with Gasteiger partial charge < -0.3 is 5.11 Å². The van der Waals surface area contributed by atoms with E-state index in [0.717, 1.165) is 10.5 Å². The van der Waals surface area contributed by atoms with Crippen molar-refractivity contribution in [2.24, 2.45) is 0 Å². The highest BCUT2D eigenvalue weighted by Gasteiger charge is 2.36. The van der Waals surface area contributed by atoms with Crippen molar-refractivity contribution in [3.05, 3.63) is 63.1 Å². The SMILES string of the molecule is Cc1ccc(N2C(=O)NC(=O)/C(=C/c3cc(Cl)c(O)c(Cl)c3)C2=O)cc1. The van der Waals surface area contributed by atoms with Gasteiger partial charge in [0.1, 0.15) is 5.57 Å². The van der Waals surface area contributed by atoms with Gasteiger partial charge in [0.25, 0.3) is 11.8 Å². The summed E-state index contributed by atoms with van der Waals surface area (Å²) in [5, 5.41) is 11.7. The highest BCUT2D eigenvalue weighted by atomic mass is 35.5. The van der Waals surface area contributed by atoms with Gasteiger partial charge in [0.05, 0.1) is 15.7 Å². The molecule has 1 aliphatic rings. The summed E-state index contributed by atoms with van der Waals surface area (Å²) in [6.45, 7) is 1.87. The zero-order valence-electron chi connectivity index (χ0n) is 13.4. The van der Waals surface area contributed by atoms with E-state index >= 15 is 0 Å². The molecule has 26 heavy (non-hydrogen) atoms. The van der Waals surface area contributed by atoms with Gasteiger partial charge in [0.15, 0.2) is 5.75 Å². The number of phenols is 1. The summed E-state index contributed by atoms with van der Waals surface area (Å²) in [6, 6.07) is 8.57. The molecule has 2 N–H and O–H groups in total. The molecule has 1 heterocycles. The van der Waals surface area contributed by atoms with Gasteiger partial charge in [-0.3, -0.25) is 14.9 Å². The third-order valence-corrected chi connectivity index (χ3v) is 4.32. The number of phenolic OH excluding ortho intramolecular Hbond substituents is 1. The van der Waals surface area contributed by atoms with Gasteiger partial charge in [-0.2, -0.15) is 0 Å². The topological polar surface area (TPSA) is 86.7 Å². The second-order valence-corrected chi connectivity index (χ2v) is 6.44. The van der Waals surface area contributed by atoms with Crippen molar-refractivity contribution in [2.75, 3.05) is 4.90 Å². The molecule has 0 atom stereocenters. The number of nitrogens with zero attached hydrogens (tertiary/aromatic N) is 1. The summed E-state index contributed by atoms with van der Waals surface area (Å²) in [4.78, 5) is 37.9. The molecule has 0 aliphatic carbocycles. The van der Waals surface area contributed by atoms with Crippen molar-refractivity contribution in [1.82, 2.24) is 5.32 Å². The van der Waals surface area contributed by atoms with Crippen molar-refractivity contribution in [2.45, 2.75) is 6.92 Å². The molecule has 3 rings (SSSR count). The molecular formula is C18H12Cl2N2O4. The number of rotatable bonds is 2. The molecular weight excluding hydrogens is 379 g/mol. The fourth-order valence-electron chi connectivity index (χ4n) is 2.42. The number of urea groups is 1. The second-order valence-electron chi connectivity index (χ2n) is 5.63. The predicted molar refractivity (Wildman–Crippen MR) is 98.3 cm³/mol. The fraction of sp³-hybridized carbons (Fsp3) is 0.0556. The van der Waals surface area contributed by atoms with Crippen LogP contribution in [0, 0.1) is 6.92 Å². The Morgan fingerprint density at radius 2 is 1.62 bits per heavy atom. The van der Waals surface area contributed by atoms with E-state index in [4.69, 9.17) is 23.2 Å². The minimum absolute atomic E-state index is 0.0283. The van der Waals surface area contributed by atoms with E-state index in [2.05, 4.69) is 5.32 Å². The Morgan fingerprint density at radius 1 is 1.04 bits per heavy atom. The Bertz CT molecular complexity index is 945. The van der Waals surface area contributed by atoms with Crippen LogP contribution in [0.1, 0.15) is 11.1 Å². The molecule has 0 bridgehead atoms. The highest BCUT2D eigenvalue weighted by molar-refractivity contribution is 6.40. The first-order valence-electron chi connectivity index (χ1n) is 7.44. The molecule has 4 amide bonds. The largest absolute Gasteiger partial charge is 0.505 e. The Labute approximate surface area is 158 Å². The van der Waals surface area contributed by atoms with Crippen molar-refractivity contribution in [3.8, 4) is 5.75 Å². The van der Waals surface area contributed by atoms with Gasteiger partial charge in [0.2, 0.25) is 0 Å². The average molecular weight is 391 g/mol. The zero-order chi connectivity index (χ0) is 19.0. The number of carbonyl (C=O) groups is 3. The first kappa shape index (κ1) is 18.0. The Hall–Kier alpha value is -2.83. The number of amides is 4. The average Bonchev–Trinajstić information content (AvgIpc) is 2.58. The zero-order valence-corrected chi connectivity index (χ0v) is 14.9. The molecule has 0 aromatic heterocycles. The number of barbiturate groups is 1. The van der Waals surface area contributed by atoms with E-state index in [-0.39, 0.29) is 21.4 Å². The molecule has 6 nitrogen and oxygen atoms in total. The number of hydrogen-bond acceptors (Lipinski definition) is 4. The van der Waals surface area contributed by atoms with E-state index in [1.165, 1.54) is 18.2 Å². The number of halogens is 2. The van der Waals surface area contributed by atoms with E-state index < -0.39 is 17.8 Å². The molecule has 0 unspecified atom stereocenters. The van der Waals surface area contributed by atoms with Gasteiger partial charge in [-0.05, 0) is 42.8 Å². The van der Waals surface area contributed by atoms with Crippen molar-refractivity contribution in [3.63, 3.8) is 0 Å². The monoisotopic (exact) mass is 390 g/mol. The lowest BCUT2D eigenvalue weighted by Gasteiger charge is -2.26. The minimum Gasteiger partial charge on any atom is -0.505 e. The van der Waals surface area contributed by atoms with E-state index in [9.17, 15) is 19.5 Å². The second kappa shape index (κ2) is 6.82. The number of anilines is 1. The Morgan fingerprint density at radius 3 is 2.19 bits per heavy atom. The Kier molecular flexibility index (Phi) is 4.71. The number of benzene rings is 2. The van der Waals surface area contributed by atoms with Crippen LogP contribution >= 0.6 is 23.2 Å². The molecule has 2 aromatic rings. The smallest absolute Gasteiger partial charge is 0.335 e. The highest BCUT2D eigenvalue weighted by Crippen LogP contribution is 2.33. The van der Waals surface area contributed by atoms with Crippen LogP contribution in [-0.2, 0) is 9.59 Å². The first-order chi connectivity index (χ1) is 12.3. The van der Waals surface area contributed by atoms with E-state index in [0.29, 0.717) is 11.3 Å². The van der Waals surface area contributed by atoms with Gasteiger partial charge in [0, 0.05) is 0 Å². The summed E-state index contributed by atoms with van der Waals surface area (Å²) in [6.07, 6.45) is 1.25. The lowest BCUT2D eigenvalue weighted by atomic mass is 10.1. The van der Waals surface area contributed by atoms with E-state index in [1.54, 1.807) is 24.3 Å². The lowest BCUT2D eigenvalue weighted by molar-refractivity contribution is -0.122. The van der Waals surface area contributed by atoms with Crippen LogP contribution in [0.2, 0.25) is 10.0 Å². The molecule has 1 fully saturated rings. The minimum atomic E-state index is -0.831. The molecule has 8 heteroatoms. The van der Waals surface area contributed by atoms with Crippen molar-refractivity contribution in [1.29, 1.82) is 0 Å². The lowest BCUT2D eigenvalue weighted by Crippen LogP contribution is -2.54. The predicted octanol–water partition coefficient (Wildman–Crippen LogP) is 3.67. The Balaban J connectivity index is 2.04. The standard InChI is InChI=1S/C18H12Cl2N2O4/c1-9-2-4-11(5-3-9)22-17(25)12(16(24)21-18(22)26)6-10-7-13(19)15(23)14(20)8-10/h2-8,23H,1H3,(H,21,24,26)/b12-6-. The first-order valence-corrected chi connectivity index (χ1v) is 8.19.